The Kier molecular flexibility index (Phi) is 4.56. The lowest BCUT2D eigenvalue weighted by molar-refractivity contribution is -0.152. The van der Waals surface area contributed by atoms with Crippen molar-refractivity contribution in [1.82, 2.24) is 0 Å². The number of ether oxygens (including phenoxy) is 1. The van der Waals surface area contributed by atoms with Crippen molar-refractivity contribution in [3.8, 4) is 0 Å². The van der Waals surface area contributed by atoms with E-state index in [2.05, 4.69) is 0 Å². The summed E-state index contributed by atoms with van der Waals surface area (Å²) in [6, 6.07) is 6.23. The third-order valence-electron chi connectivity index (χ3n) is 7.63. The van der Waals surface area contributed by atoms with Gasteiger partial charge >= 0.3 is 5.97 Å². The van der Waals surface area contributed by atoms with Crippen molar-refractivity contribution in [3.05, 3.63) is 29.8 Å². The molecule has 0 radical (unpaired) electrons. The zero-order valence-corrected chi connectivity index (χ0v) is 17.3. The van der Waals surface area contributed by atoms with Gasteiger partial charge in [0.25, 0.3) is 0 Å². The fourth-order valence-electron chi connectivity index (χ4n) is 6.74. The van der Waals surface area contributed by atoms with E-state index in [4.69, 9.17) is 4.74 Å². The number of carbonyl (C=O) groups excluding carboxylic acids is 4. The molecule has 1 atom stereocenters. The molecule has 5 aliphatic rings. The largest absolute Gasteiger partial charge is 0.451 e. The van der Waals surface area contributed by atoms with Crippen molar-refractivity contribution in [2.45, 2.75) is 64.4 Å². The minimum absolute atomic E-state index is 0.0832. The topological polar surface area (TPSA) is 80.8 Å². The van der Waals surface area contributed by atoms with Crippen LogP contribution in [0.15, 0.2) is 24.3 Å². The van der Waals surface area contributed by atoms with Gasteiger partial charge in [-0.1, -0.05) is 0 Å². The predicted octanol–water partition coefficient (Wildman–Crippen LogP) is 3.67. The highest BCUT2D eigenvalue weighted by atomic mass is 16.5. The number of amides is 2. The smallest absolute Gasteiger partial charge is 0.338 e. The maximum Gasteiger partial charge on any atom is 0.338 e. The summed E-state index contributed by atoms with van der Waals surface area (Å²) >= 11 is 0. The van der Waals surface area contributed by atoms with E-state index in [-0.39, 0.29) is 35.9 Å². The van der Waals surface area contributed by atoms with Gasteiger partial charge < -0.3 is 4.74 Å². The number of benzene rings is 1. The highest BCUT2D eigenvalue weighted by Gasteiger charge is 2.55. The van der Waals surface area contributed by atoms with Crippen LogP contribution in [-0.4, -0.2) is 29.7 Å². The van der Waals surface area contributed by atoms with Crippen molar-refractivity contribution in [3.63, 3.8) is 0 Å². The molecule has 1 heterocycles. The monoisotopic (exact) mass is 409 g/mol. The number of Topliss-reactive ketones (excluding diaryl/α,β-unsaturated/α-hetero) is 1. The molecule has 1 aromatic carbocycles. The Bertz CT molecular complexity index is 867. The normalized spacial score (nSPS) is 33.1. The average molecular weight is 409 g/mol. The third kappa shape index (κ3) is 3.17. The molecule has 0 aromatic heterocycles. The molecule has 4 aliphatic carbocycles. The number of esters is 1. The Morgan fingerprint density at radius 2 is 1.43 bits per heavy atom. The number of carbonyl (C=O) groups is 4. The Morgan fingerprint density at radius 1 is 0.933 bits per heavy atom. The Hall–Kier alpha value is -2.50. The highest BCUT2D eigenvalue weighted by Crippen LogP contribution is 2.60. The van der Waals surface area contributed by atoms with Gasteiger partial charge in [0.05, 0.1) is 11.3 Å². The first-order chi connectivity index (χ1) is 14.3. The average Bonchev–Trinajstić information content (AvgIpc) is 3.04. The summed E-state index contributed by atoms with van der Waals surface area (Å²) in [7, 11) is 0. The number of hydrogen-bond donors (Lipinski definition) is 0. The van der Waals surface area contributed by atoms with Gasteiger partial charge in [-0.2, -0.15) is 0 Å². The number of hydrogen-bond acceptors (Lipinski definition) is 5. The SMILES string of the molecule is CC(OC(=O)c1ccc(N2C(=O)CCC2=O)cc1)C(=O)C12CC3CC(CC(C3)C1)C2. The zero-order valence-electron chi connectivity index (χ0n) is 17.3. The fourth-order valence-corrected chi connectivity index (χ4v) is 6.74. The van der Waals surface area contributed by atoms with Crippen LogP contribution in [0, 0.1) is 23.2 Å². The van der Waals surface area contributed by atoms with E-state index in [9.17, 15) is 19.2 Å². The summed E-state index contributed by atoms with van der Waals surface area (Å²) in [5.74, 6) is 1.05. The minimum Gasteiger partial charge on any atom is -0.451 e. The van der Waals surface area contributed by atoms with E-state index in [1.807, 2.05) is 0 Å². The summed E-state index contributed by atoms with van der Waals surface area (Å²) in [5.41, 5.74) is 0.467. The number of nitrogens with zero attached hydrogens (tertiary/aromatic N) is 1. The molecule has 1 aromatic rings. The van der Waals surface area contributed by atoms with E-state index < -0.39 is 12.1 Å². The van der Waals surface area contributed by atoms with E-state index in [1.54, 1.807) is 31.2 Å². The van der Waals surface area contributed by atoms with Crippen molar-refractivity contribution >= 4 is 29.3 Å². The van der Waals surface area contributed by atoms with Crippen molar-refractivity contribution in [2.24, 2.45) is 23.2 Å². The van der Waals surface area contributed by atoms with Crippen molar-refractivity contribution in [2.75, 3.05) is 4.90 Å². The molecule has 1 aliphatic heterocycles. The van der Waals surface area contributed by atoms with Gasteiger partial charge in [-0.15, -0.1) is 0 Å². The Labute approximate surface area is 175 Å². The lowest BCUT2D eigenvalue weighted by Gasteiger charge is -2.56. The second-order valence-electron chi connectivity index (χ2n) is 9.78. The summed E-state index contributed by atoms with van der Waals surface area (Å²) in [6.45, 7) is 1.69. The van der Waals surface area contributed by atoms with Crippen LogP contribution in [0.2, 0.25) is 0 Å². The standard InChI is InChI=1S/C24H27NO5/c1-14(22(28)24-11-15-8-16(12-24)10-17(9-15)13-24)30-23(29)18-2-4-19(5-3-18)25-20(26)6-7-21(25)27/h2-5,14-17H,6-13H2,1H3. The molecule has 6 nitrogen and oxygen atoms in total. The second-order valence-corrected chi connectivity index (χ2v) is 9.78. The van der Waals surface area contributed by atoms with Crippen LogP contribution < -0.4 is 4.90 Å². The van der Waals surface area contributed by atoms with E-state index in [0.29, 0.717) is 29.0 Å². The third-order valence-corrected chi connectivity index (χ3v) is 7.63. The molecule has 1 saturated heterocycles. The van der Waals surface area contributed by atoms with Crippen LogP contribution >= 0.6 is 0 Å². The van der Waals surface area contributed by atoms with Crippen molar-refractivity contribution < 1.29 is 23.9 Å². The van der Waals surface area contributed by atoms with Crippen LogP contribution in [0.3, 0.4) is 0 Å². The van der Waals surface area contributed by atoms with E-state index in [0.717, 1.165) is 24.2 Å². The molecule has 4 saturated carbocycles. The van der Waals surface area contributed by atoms with Crippen LogP contribution in [-0.2, 0) is 19.1 Å². The summed E-state index contributed by atoms with van der Waals surface area (Å²) in [6.07, 6.45) is 6.29. The fraction of sp³-hybridized carbons (Fsp3) is 0.583. The molecule has 0 N–H and O–H groups in total. The summed E-state index contributed by atoms with van der Waals surface area (Å²) in [4.78, 5) is 50.8. The molecule has 4 bridgehead atoms. The first-order valence-electron chi connectivity index (χ1n) is 11.1. The number of imide groups is 1. The van der Waals surface area contributed by atoms with Crippen LogP contribution in [0.5, 0.6) is 0 Å². The molecule has 5 fully saturated rings. The van der Waals surface area contributed by atoms with Gasteiger partial charge in [0.1, 0.15) is 0 Å². The van der Waals surface area contributed by atoms with Gasteiger partial charge in [-0.3, -0.25) is 19.3 Å². The molecular weight excluding hydrogens is 382 g/mol. The summed E-state index contributed by atoms with van der Waals surface area (Å²) in [5, 5.41) is 0. The first-order valence-corrected chi connectivity index (χ1v) is 11.1. The maximum atomic E-state index is 13.3. The quantitative estimate of drug-likeness (QED) is 0.548. The van der Waals surface area contributed by atoms with E-state index >= 15 is 0 Å². The predicted molar refractivity (Wildman–Crippen MR) is 109 cm³/mol. The lowest BCUT2D eigenvalue weighted by atomic mass is 9.48. The van der Waals surface area contributed by atoms with Gasteiger partial charge in [0.15, 0.2) is 11.9 Å². The molecular formula is C24H27NO5. The number of anilines is 1. The zero-order chi connectivity index (χ0) is 21.0. The van der Waals surface area contributed by atoms with Crippen LogP contribution in [0.1, 0.15) is 68.6 Å². The van der Waals surface area contributed by atoms with Gasteiger partial charge in [0, 0.05) is 18.3 Å². The van der Waals surface area contributed by atoms with Crippen molar-refractivity contribution in [1.29, 1.82) is 0 Å². The molecule has 6 heteroatoms. The summed E-state index contributed by atoms with van der Waals surface area (Å²) < 4.78 is 5.56. The van der Waals surface area contributed by atoms with Crippen LogP contribution in [0.4, 0.5) is 5.69 Å². The molecule has 6 rings (SSSR count). The van der Waals surface area contributed by atoms with Gasteiger partial charge in [-0.05, 0) is 87.5 Å². The van der Waals surface area contributed by atoms with Crippen LogP contribution in [0.25, 0.3) is 0 Å². The number of rotatable bonds is 5. The molecule has 158 valence electrons. The number of ketones is 1. The minimum atomic E-state index is -0.768. The van der Waals surface area contributed by atoms with Gasteiger partial charge in [0.2, 0.25) is 11.8 Å². The Morgan fingerprint density at radius 3 is 1.93 bits per heavy atom. The molecule has 1 unspecified atom stereocenters. The Balaban J connectivity index is 1.26. The maximum absolute atomic E-state index is 13.3. The lowest BCUT2D eigenvalue weighted by Crippen LogP contribution is -2.52. The van der Waals surface area contributed by atoms with Gasteiger partial charge in [-0.25, -0.2) is 4.79 Å². The second kappa shape index (κ2) is 7.03. The first kappa shape index (κ1) is 19.5. The molecule has 30 heavy (non-hydrogen) atoms. The van der Waals surface area contributed by atoms with E-state index in [1.165, 1.54) is 19.3 Å². The molecule has 2 amide bonds. The molecule has 0 spiro atoms. The highest BCUT2D eigenvalue weighted by molar-refractivity contribution is 6.19.